The van der Waals surface area contributed by atoms with Gasteiger partial charge < -0.3 is 29.9 Å². The van der Waals surface area contributed by atoms with E-state index in [0.29, 0.717) is 61.6 Å². The summed E-state index contributed by atoms with van der Waals surface area (Å²) in [5.41, 5.74) is 4.27. The Hall–Kier alpha value is -4.88. The van der Waals surface area contributed by atoms with Crippen molar-refractivity contribution in [1.29, 1.82) is 0 Å². The lowest BCUT2D eigenvalue weighted by Gasteiger charge is -2.32. The quantitative estimate of drug-likeness (QED) is 0.143. The molecule has 4 aromatic rings. The minimum Gasteiger partial charge on any atom is -0.385 e. The van der Waals surface area contributed by atoms with Gasteiger partial charge in [0.2, 0.25) is 0 Å². The zero-order valence-corrected chi connectivity index (χ0v) is 31.2. The highest BCUT2D eigenvalue weighted by Gasteiger charge is 2.35. The average Bonchev–Trinajstić information content (AvgIpc) is 3.20. The number of amides is 4. The lowest BCUT2D eigenvalue weighted by Crippen LogP contribution is -2.44. The zero-order chi connectivity index (χ0) is 37.5. The van der Waals surface area contributed by atoms with Gasteiger partial charge in [0.15, 0.2) is 0 Å². The highest BCUT2D eigenvalue weighted by atomic mass is 16.5. The van der Waals surface area contributed by atoms with Crippen molar-refractivity contribution in [2.75, 3.05) is 103 Å². The number of benzene rings is 4. The molecule has 53 heavy (non-hydrogen) atoms. The fraction of sp³-hybridized carbons (Fsp3) is 0.415. The van der Waals surface area contributed by atoms with Crippen LogP contribution in [0, 0.1) is 0 Å². The summed E-state index contributed by atoms with van der Waals surface area (Å²) in [6, 6.07) is 19.0. The number of carbonyl (C=O) groups excluding carboxylic acids is 4. The lowest BCUT2D eigenvalue weighted by molar-refractivity contribution is 0.0597. The molecular formula is C41H50N6O6. The molecule has 2 N–H and O–H groups in total. The molecule has 1 fully saturated rings. The second-order valence-electron chi connectivity index (χ2n) is 13.3. The summed E-state index contributed by atoms with van der Waals surface area (Å²) >= 11 is 0. The van der Waals surface area contributed by atoms with Crippen molar-refractivity contribution in [2.24, 2.45) is 0 Å². The largest absolute Gasteiger partial charge is 0.385 e. The Morgan fingerprint density at radius 2 is 1.17 bits per heavy atom. The number of ether oxygens (including phenoxy) is 2. The summed E-state index contributed by atoms with van der Waals surface area (Å²) in [7, 11) is 3.68. The van der Waals surface area contributed by atoms with E-state index in [9.17, 15) is 19.2 Å². The van der Waals surface area contributed by atoms with Gasteiger partial charge in [0, 0.05) is 122 Å². The van der Waals surface area contributed by atoms with Gasteiger partial charge in [-0.05, 0) is 69.8 Å². The number of carbonyl (C=O) groups is 4. The second kappa shape index (κ2) is 17.3. The third-order valence-electron chi connectivity index (χ3n) is 10.2. The standard InChI is InChI=1S/C38H42N6O5.C3H8O/c1-3-41(2)31-13-11-29-33-25(31)7-4-9-27(33)35(45)43(37(29)47)19-17-39-15-6-16-40-18-20-44-36(46)28-10-5-8-26-32(42-21-23-49-24-22-42)14-12-30(34(26)28)38(44)48;1-3-4-2/h4-5,7-14,39-40H,3,6,15-24H2,1-2H3;3H2,1-2H3. The first-order chi connectivity index (χ1) is 25.8. The van der Waals surface area contributed by atoms with E-state index in [2.05, 4.69) is 32.1 Å². The molecule has 0 saturated carbocycles. The van der Waals surface area contributed by atoms with Crippen molar-refractivity contribution >= 4 is 56.5 Å². The number of hydrogen-bond donors (Lipinski definition) is 2. The fourth-order valence-electron chi connectivity index (χ4n) is 7.22. The number of anilines is 2. The van der Waals surface area contributed by atoms with Crippen molar-refractivity contribution in [2.45, 2.75) is 20.3 Å². The Morgan fingerprint density at radius 3 is 1.70 bits per heavy atom. The van der Waals surface area contributed by atoms with E-state index in [-0.39, 0.29) is 36.7 Å². The van der Waals surface area contributed by atoms with E-state index in [1.165, 1.54) is 9.80 Å². The molecule has 0 spiro atoms. The number of methoxy groups -OCH3 is 1. The number of nitrogens with one attached hydrogen (secondary N) is 2. The SMILES string of the molecule is CCN(C)c1ccc2c3c(cccc13)C(=O)N(CCNCCCNCCN1C(=O)c3cccc4c(N5CCOCC5)ccc(c34)C1=O)C2=O.CCOC. The van der Waals surface area contributed by atoms with E-state index in [0.717, 1.165) is 65.6 Å². The predicted molar refractivity (Wildman–Crippen MR) is 209 cm³/mol. The number of imide groups is 2. The number of morpholine rings is 1. The highest BCUT2D eigenvalue weighted by molar-refractivity contribution is 6.28. The number of rotatable bonds is 14. The van der Waals surface area contributed by atoms with Gasteiger partial charge >= 0.3 is 0 Å². The molecule has 12 heteroatoms. The molecule has 3 aliphatic heterocycles. The first-order valence-electron chi connectivity index (χ1n) is 18.6. The van der Waals surface area contributed by atoms with E-state index in [1.807, 2.05) is 68.6 Å². The monoisotopic (exact) mass is 722 g/mol. The minimum atomic E-state index is -0.264. The van der Waals surface area contributed by atoms with Crippen LogP contribution in [0.4, 0.5) is 11.4 Å². The first-order valence-corrected chi connectivity index (χ1v) is 18.6. The molecule has 0 atom stereocenters. The maximum Gasteiger partial charge on any atom is 0.261 e. The molecule has 12 nitrogen and oxygen atoms in total. The third-order valence-corrected chi connectivity index (χ3v) is 10.2. The second-order valence-corrected chi connectivity index (χ2v) is 13.3. The van der Waals surface area contributed by atoms with Crippen LogP contribution in [0.5, 0.6) is 0 Å². The summed E-state index contributed by atoms with van der Waals surface area (Å²) in [6.07, 6.45) is 0.798. The molecule has 3 heterocycles. The van der Waals surface area contributed by atoms with Crippen LogP contribution in [0.25, 0.3) is 21.5 Å². The van der Waals surface area contributed by atoms with Crippen LogP contribution >= 0.6 is 0 Å². The van der Waals surface area contributed by atoms with Gasteiger partial charge in [0.1, 0.15) is 0 Å². The normalized spacial score (nSPS) is 15.4. The summed E-state index contributed by atoms with van der Waals surface area (Å²) in [5.74, 6) is -1.05. The van der Waals surface area contributed by atoms with Crippen molar-refractivity contribution in [3.05, 3.63) is 82.9 Å². The summed E-state index contributed by atoms with van der Waals surface area (Å²) in [5, 5.41) is 9.99. The molecule has 1 saturated heterocycles. The average molecular weight is 723 g/mol. The lowest BCUT2D eigenvalue weighted by atomic mass is 9.92. The first kappa shape index (κ1) is 37.9. The van der Waals surface area contributed by atoms with Crippen LogP contribution in [-0.4, -0.2) is 126 Å². The van der Waals surface area contributed by atoms with Crippen LogP contribution in [0.2, 0.25) is 0 Å². The van der Waals surface area contributed by atoms with Gasteiger partial charge in [-0.25, -0.2) is 0 Å². The van der Waals surface area contributed by atoms with E-state index < -0.39 is 0 Å². The maximum absolute atomic E-state index is 13.5. The van der Waals surface area contributed by atoms with Gasteiger partial charge in [0.25, 0.3) is 23.6 Å². The molecule has 7 rings (SSSR count). The highest BCUT2D eigenvalue weighted by Crippen LogP contribution is 2.37. The van der Waals surface area contributed by atoms with Crippen LogP contribution in [-0.2, 0) is 9.47 Å². The Morgan fingerprint density at radius 1 is 0.679 bits per heavy atom. The molecule has 280 valence electrons. The minimum absolute atomic E-state index is 0.263. The van der Waals surface area contributed by atoms with Crippen LogP contribution in [0.1, 0.15) is 61.7 Å². The van der Waals surface area contributed by atoms with Gasteiger partial charge in [-0.15, -0.1) is 0 Å². The van der Waals surface area contributed by atoms with Gasteiger partial charge in [0.05, 0.1) is 13.2 Å². The maximum atomic E-state index is 13.5. The Kier molecular flexibility index (Phi) is 12.4. The Bertz CT molecular complexity index is 1950. The van der Waals surface area contributed by atoms with Crippen LogP contribution < -0.4 is 20.4 Å². The van der Waals surface area contributed by atoms with Gasteiger partial charge in [-0.1, -0.05) is 24.3 Å². The molecule has 0 bridgehead atoms. The molecule has 4 aromatic carbocycles. The van der Waals surface area contributed by atoms with Gasteiger partial charge in [-0.3, -0.25) is 29.0 Å². The summed E-state index contributed by atoms with van der Waals surface area (Å²) < 4.78 is 10.0. The van der Waals surface area contributed by atoms with Crippen LogP contribution in [0.15, 0.2) is 60.7 Å². The molecule has 3 aliphatic rings. The molecule has 0 radical (unpaired) electrons. The smallest absolute Gasteiger partial charge is 0.261 e. The summed E-state index contributed by atoms with van der Waals surface area (Å²) in [4.78, 5) is 60.7. The number of nitrogens with zero attached hydrogens (tertiary/aromatic N) is 4. The number of hydrogen-bond acceptors (Lipinski definition) is 10. The molecular weight excluding hydrogens is 672 g/mol. The van der Waals surface area contributed by atoms with Crippen molar-refractivity contribution < 1.29 is 28.7 Å². The third kappa shape index (κ3) is 7.63. The molecule has 4 amide bonds. The fourth-order valence-corrected chi connectivity index (χ4v) is 7.22. The molecule has 0 aromatic heterocycles. The van der Waals surface area contributed by atoms with E-state index in [1.54, 1.807) is 13.2 Å². The van der Waals surface area contributed by atoms with Crippen molar-refractivity contribution in [3.63, 3.8) is 0 Å². The Labute approximate surface area is 311 Å². The van der Waals surface area contributed by atoms with Crippen molar-refractivity contribution in [3.8, 4) is 0 Å². The summed E-state index contributed by atoms with van der Waals surface area (Å²) in [6.45, 7) is 11.4. The topological polar surface area (TPSA) is 124 Å². The van der Waals surface area contributed by atoms with Crippen molar-refractivity contribution in [1.82, 2.24) is 20.4 Å². The van der Waals surface area contributed by atoms with E-state index >= 15 is 0 Å². The predicted octanol–water partition coefficient (Wildman–Crippen LogP) is 4.40. The molecule has 0 aliphatic carbocycles. The Balaban J connectivity index is 0.00000114. The van der Waals surface area contributed by atoms with Crippen LogP contribution in [0.3, 0.4) is 0 Å². The van der Waals surface area contributed by atoms with Gasteiger partial charge in [-0.2, -0.15) is 0 Å². The molecule has 0 unspecified atom stereocenters. The van der Waals surface area contributed by atoms with E-state index in [4.69, 9.17) is 4.74 Å². The zero-order valence-electron chi connectivity index (χ0n) is 31.2.